The van der Waals surface area contributed by atoms with Gasteiger partial charge < -0.3 is 18.9 Å². The molecular formula is C28H52O6. The first-order valence-electron chi connectivity index (χ1n) is 14.0. The molecule has 0 aromatic rings. The summed E-state index contributed by atoms with van der Waals surface area (Å²) in [6.45, 7) is 9.68. The molecule has 0 heterocycles. The minimum absolute atomic E-state index is 0.365. The first-order chi connectivity index (χ1) is 16.4. The highest BCUT2D eigenvalue weighted by molar-refractivity contribution is 5.61. The van der Waals surface area contributed by atoms with E-state index in [4.69, 9.17) is 18.9 Å². The van der Waals surface area contributed by atoms with Gasteiger partial charge in [-0.3, -0.25) is 0 Å². The van der Waals surface area contributed by atoms with Gasteiger partial charge in [0.05, 0.1) is 13.2 Å². The van der Waals surface area contributed by atoms with Gasteiger partial charge in [-0.2, -0.15) is 0 Å². The second kappa shape index (κ2) is 19.8. The minimum atomic E-state index is -0.668. The molecule has 1 aliphatic rings. The normalized spacial score (nSPS) is 18.2. The summed E-state index contributed by atoms with van der Waals surface area (Å²) in [6, 6.07) is 0. The van der Waals surface area contributed by atoms with Crippen LogP contribution in [0.15, 0.2) is 0 Å². The van der Waals surface area contributed by atoms with Crippen molar-refractivity contribution < 1.29 is 28.5 Å². The molecule has 2 unspecified atom stereocenters. The molecule has 1 saturated carbocycles. The van der Waals surface area contributed by atoms with E-state index in [0.29, 0.717) is 32.0 Å². The average molecular weight is 485 g/mol. The highest BCUT2D eigenvalue weighted by Gasteiger charge is 2.32. The third-order valence-electron chi connectivity index (χ3n) is 6.43. The molecule has 0 spiro atoms. The molecule has 2 atom stereocenters. The molecular weight excluding hydrogens is 432 g/mol. The lowest BCUT2D eigenvalue weighted by Gasteiger charge is -2.29. The van der Waals surface area contributed by atoms with Crippen LogP contribution in [0.4, 0.5) is 9.59 Å². The standard InChI is InChI=1S/C28H52O6/c1-23(2)17-11-9-7-5-6-8-10-15-21-31-27(29)33-25-19-12-13-20-26(25)34-28(30)32-22-16-14-18-24(3)4/h23-26H,5-22H2,1-4H3. The quantitative estimate of drug-likeness (QED) is 0.143. The summed E-state index contributed by atoms with van der Waals surface area (Å²) >= 11 is 0. The van der Waals surface area contributed by atoms with Crippen molar-refractivity contribution in [3.05, 3.63) is 0 Å². The molecule has 0 aromatic heterocycles. The third kappa shape index (κ3) is 17.0. The third-order valence-corrected chi connectivity index (χ3v) is 6.43. The van der Waals surface area contributed by atoms with Crippen LogP contribution >= 0.6 is 0 Å². The van der Waals surface area contributed by atoms with E-state index in [9.17, 15) is 9.59 Å². The number of carbonyl (C=O) groups excluding carboxylic acids is 2. The van der Waals surface area contributed by atoms with Gasteiger partial charge in [0.2, 0.25) is 0 Å². The fourth-order valence-electron chi connectivity index (χ4n) is 4.33. The number of hydrogen-bond donors (Lipinski definition) is 0. The Morgan fingerprint density at radius 2 is 0.941 bits per heavy atom. The second-order valence-corrected chi connectivity index (χ2v) is 10.7. The SMILES string of the molecule is CC(C)CCCCCCCCCCOC(=O)OC1CCCCC1OC(=O)OCCCCC(C)C. The van der Waals surface area contributed by atoms with E-state index in [1.165, 1.54) is 44.9 Å². The van der Waals surface area contributed by atoms with Crippen LogP contribution in [0.1, 0.15) is 130 Å². The molecule has 200 valence electrons. The topological polar surface area (TPSA) is 71.1 Å². The summed E-state index contributed by atoms with van der Waals surface area (Å²) in [6.07, 6.45) is 15.0. The Hall–Kier alpha value is -1.46. The van der Waals surface area contributed by atoms with Gasteiger partial charge in [0.15, 0.2) is 0 Å². The maximum Gasteiger partial charge on any atom is 0.508 e. The Morgan fingerprint density at radius 1 is 0.588 bits per heavy atom. The van der Waals surface area contributed by atoms with Crippen LogP contribution in [-0.4, -0.2) is 37.7 Å². The summed E-state index contributed by atoms with van der Waals surface area (Å²) in [7, 11) is 0. The van der Waals surface area contributed by atoms with Crippen LogP contribution in [-0.2, 0) is 18.9 Å². The summed E-state index contributed by atoms with van der Waals surface area (Å²) in [4.78, 5) is 24.1. The molecule has 6 heteroatoms. The van der Waals surface area contributed by atoms with Crippen LogP contribution in [0.3, 0.4) is 0 Å². The molecule has 34 heavy (non-hydrogen) atoms. The average Bonchev–Trinajstić information content (AvgIpc) is 2.78. The van der Waals surface area contributed by atoms with Crippen molar-refractivity contribution >= 4 is 12.3 Å². The van der Waals surface area contributed by atoms with Gasteiger partial charge in [-0.1, -0.05) is 85.5 Å². The number of unbranched alkanes of at least 4 members (excludes halogenated alkanes) is 8. The molecule has 1 fully saturated rings. The predicted octanol–water partition coefficient (Wildman–Crippen LogP) is 8.60. The van der Waals surface area contributed by atoms with Gasteiger partial charge in [0.1, 0.15) is 12.2 Å². The van der Waals surface area contributed by atoms with Gasteiger partial charge in [0.25, 0.3) is 0 Å². The highest BCUT2D eigenvalue weighted by atomic mass is 16.8. The van der Waals surface area contributed by atoms with Crippen LogP contribution < -0.4 is 0 Å². The van der Waals surface area contributed by atoms with E-state index in [-0.39, 0.29) is 0 Å². The maximum absolute atomic E-state index is 12.1. The van der Waals surface area contributed by atoms with E-state index < -0.39 is 24.5 Å². The summed E-state index contributed by atoms with van der Waals surface area (Å²) in [5.41, 5.74) is 0. The molecule has 6 nitrogen and oxygen atoms in total. The number of rotatable bonds is 18. The molecule has 1 rings (SSSR count). The second-order valence-electron chi connectivity index (χ2n) is 10.7. The summed E-state index contributed by atoms with van der Waals surface area (Å²) in [5.74, 6) is 1.47. The lowest BCUT2D eigenvalue weighted by molar-refractivity contribution is -0.0713. The van der Waals surface area contributed by atoms with Crippen molar-refractivity contribution in [3.8, 4) is 0 Å². The van der Waals surface area contributed by atoms with Crippen LogP contribution in [0.25, 0.3) is 0 Å². The number of carbonyl (C=O) groups is 2. The van der Waals surface area contributed by atoms with Crippen LogP contribution in [0.5, 0.6) is 0 Å². The predicted molar refractivity (Wildman–Crippen MR) is 136 cm³/mol. The lowest BCUT2D eigenvalue weighted by Crippen LogP contribution is -2.38. The van der Waals surface area contributed by atoms with Crippen molar-refractivity contribution in [1.82, 2.24) is 0 Å². The lowest BCUT2D eigenvalue weighted by atomic mass is 9.95. The first-order valence-corrected chi connectivity index (χ1v) is 14.0. The van der Waals surface area contributed by atoms with Crippen molar-refractivity contribution in [2.45, 2.75) is 143 Å². The Bertz CT molecular complexity index is 519. The molecule has 0 N–H and O–H groups in total. The van der Waals surface area contributed by atoms with Crippen molar-refractivity contribution in [1.29, 1.82) is 0 Å². The monoisotopic (exact) mass is 484 g/mol. The van der Waals surface area contributed by atoms with E-state index in [2.05, 4.69) is 27.7 Å². The van der Waals surface area contributed by atoms with Gasteiger partial charge in [-0.15, -0.1) is 0 Å². The summed E-state index contributed by atoms with van der Waals surface area (Å²) < 4.78 is 21.4. The zero-order chi connectivity index (χ0) is 25.0. The Balaban J connectivity index is 2.09. The van der Waals surface area contributed by atoms with Crippen LogP contribution in [0, 0.1) is 11.8 Å². The van der Waals surface area contributed by atoms with E-state index >= 15 is 0 Å². The smallest absolute Gasteiger partial charge is 0.434 e. The fourth-order valence-corrected chi connectivity index (χ4v) is 4.33. The maximum atomic E-state index is 12.1. The molecule has 0 amide bonds. The molecule has 0 bridgehead atoms. The molecule has 0 aliphatic heterocycles. The minimum Gasteiger partial charge on any atom is -0.434 e. The largest absolute Gasteiger partial charge is 0.508 e. The zero-order valence-electron chi connectivity index (χ0n) is 22.5. The zero-order valence-corrected chi connectivity index (χ0v) is 22.5. The Morgan fingerprint density at radius 3 is 1.38 bits per heavy atom. The Labute approximate surface area is 208 Å². The molecule has 0 aromatic carbocycles. The van der Waals surface area contributed by atoms with E-state index in [0.717, 1.165) is 50.9 Å². The molecule has 0 saturated heterocycles. The highest BCUT2D eigenvalue weighted by Crippen LogP contribution is 2.25. The number of ether oxygens (including phenoxy) is 4. The van der Waals surface area contributed by atoms with Crippen molar-refractivity contribution in [2.24, 2.45) is 11.8 Å². The Kier molecular flexibility index (Phi) is 17.8. The number of hydrogen-bond acceptors (Lipinski definition) is 6. The molecule has 0 radical (unpaired) electrons. The van der Waals surface area contributed by atoms with Crippen molar-refractivity contribution in [2.75, 3.05) is 13.2 Å². The van der Waals surface area contributed by atoms with Gasteiger partial charge in [-0.25, -0.2) is 9.59 Å². The van der Waals surface area contributed by atoms with Gasteiger partial charge in [-0.05, 0) is 56.8 Å². The molecule has 1 aliphatic carbocycles. The first kappa shape index (κ1) is 30.6. The fraction of sp³-hybridized carbons (Fsp3) is 0.929. The van der Waals surface area contributed by atoms with Gasteiger partial charge >= 0.3 is 12.3 Å². The van der Waals surface area contributed by atoms with Gasteiger partial charge in [0, 0.05) is 0 Å². The summed E-state index contributed by atoms with van der Waals surface area (Å²) in [5, 5.41) is 0. The van der Waals surface area contributed by atoms with Crippen molar-refractivity contribution in [3.63, 3.8) is 0 Å². The van der Waals surface area contributed by atoms with Crippen LogP contribution in [0.2, 0.25) is 0 Å². The van der Waals surface area contributed by atoms with E-state index in [1.807, 2.05) is 0 Å². The van der Waals surface area contributed by atoms with E-state index in [1.54, 1.807) is 0 Å².